The Bertz CT molecular complexity index is 1420. The number of esters is 4. The lowest BCUT2D eigenvalue weighted by atomic mass is 9.50. The van der Waals surface area contributed by atoms with Crippen molar-refractivity contribution in [3.05, 3.63) is 0 Å². The fourth-order valence-electron chi connectivity index (χ4n) is 10.7. The Kier molecular flexibility index (Phi) is 21.6. The molecule has 0 aromatic carbocycles. The molecule has 2 N–H and O–H groups in total. The van der Waals surface area contributed by atoms with Crippen molar-refractivity contribution in [3.8, 4) is 0 Å². The van der Waals surface area contributed by atoms with E-state index >= 15 is 0 Å². The quantitative estimate of drug-likeness (QED) is 0.161. The molecule has 8 fully saturated rings. The molecule has 0 aromatic rings. The van der Waals surface area contributed by atoms with Crippen molar-refractivity contribution < 1.29 is 48.3 Å². The van der Waals surface area contributed by atoms with Crippen LogP contribution in [0.1, 0.15) is 223 Å². The van der Waals surface area contributed by atoms with E-state index in [1.807, 2.05) is 62.3 Å². The number of rotatable bonds is 10. The number of carbonyl (C=O) groups is 4. The Morgan fingerprint density at radius 1 is 0.672 bits per heavy atom. The monoisotopic (exact) mass is 871 g/mol. The molecule has 10 nitrogen and oxygen atoms in total. The number of fused-ring (bicyclic) bond motifs is 1. The van der Waals surface area contributed by atoms with E-state index in [1.54, 1.807) is 0 Å². The van der Waals surface area contributed by atoms with Crippen molar-refractivity contribution in [2.24, 2.45) is 45.8 Å². The summed E-state index contributed by atoms with van der Waals surface area (Å²) in [5.74, 6) is 1.02. The van der Waals surface area contributed by atoms with Gasteiger partial charge >= 0.3 is 23.9 Å². The van der Waals surface area contributed by atoms with Crippen LogP contribution < -0.4 is 0 Å². The number of hydrogen-bond donors (Lipinski definition) is 2. The van der Waals surface area contributed by atoms with Gasteiger partial charge in [0.15, 0.2) is 0 Å². The van der Waals surface area contributed by atoms with E-state index in [2.05, 4.69) is 13.8 Å². The Balaban J connectivity index is 0. The van der Waals surface area contributed by atoms with Crippen LogP contribution in [0, 0.1) is 45.8 Å². The molecule has 362 valence electrons. The number of carbonyl (C=O) groups excluding carboxylic acids is 4. The SMILES string of the molecule is C.C.C.C.C.C.CCC(C)(C)C(=O)OC(C)(C)C1CCCCC1.CCC(C)(C)C(=O)OC12CC3CC(O)(CC(O)(C3)C1)C2.CCC(C)(C)C(=O)OC1C2CC3C(=O)OC1C3C2. The normalized spacial score (nSPS) is 32.7. The Labute approximate surface area is 375 Å². The average Bonchev–Trinajstić information content (AvgIpc) is 3.73. The largest absolute Gasteiger partial charge is 0.459 e. The fraction of sp³-hybridized carbons (Fsp3) is 0.922. The van der Waals surface area contributed by atoms with Crippen LogP contribution in [0.5, 0.6) is 0 Å². The highest BCUT2D eigenvalue weighted by atomic mass is 16.6. The number of aliphatic hydroxyl groups is 2. The van der Waals surface area contributed by atoms with Crippen LogP contribution in [0.4, 0.5) is 0 Å². The van der Waals surface area contributed by atoms with E-state index < -0.39 is 27.6 Å². The maximum atomic E-state index is 12.4. The van der Waals surface area contributed by atoms with Crippen LogP contribution in [-0.2, 0) is 38.1 Å². The lowest BCUT2D eigenvalue weighted by Gasteiger charge is -2.62. The lowest BCUT2D eigenvalue weighted by molar-refractivity contribution is -0.264. The van der Waals surface area contributed by atoms with Gasteiger partial charge in [-0.2, -0.15) is 0 Å². The minimum absolute atomic E-state index is 0. The Hall–Kier alpha value is -2.20. The molecule has 0 radical (unpaired) electrons. The van der Waals surface area contributed by atoms with Gasteiger partial charge in [-0.1, -0.05) is 84.6 Å². The molecule has 7 atom stereocenters. The second-order valence-electron chi connectivity index (χ2n) is 21.3. The van der Waals surface area contributed by atoms with E-state index in [-0.39, 0.29) is 103 Å². The standard InChI is InChI=1S/C16H26O4.C15H28O2.C14H20O4.6CH4/c1-4-13(2,3)12(17)20-16-7-11-5-14(18,9-16)8-15(19,6-11)10-16;1-6-14(2,3)13(16)17-15(4,5)12-10-8-7-9-11-12;1-4-14(2,3)13(16)18-10-7-5-8-9(6-7)12(15)17-11(8)10;;;;;;/h11,18-19H,4-10H2,1-3H3;12H,6-11H2,1-5H3;7-11H,4-6H2,1-3H3;6*1H4. The predicted octanol–water partition coefficient (Wildman–Crippen LogP) is 12.2. The molecular formula is C51H98O10. The van der Waals surface area contributed by atoms with E-state index in [9.17, 15) is 29.4 Å². The number of hydrogen-bond acceptors (Lipinski definition) is 10. The number of ether oxygens (including phenoxy) is 4. The smallest absolute Gasteiger partial charge is 0.312 e. The van der Waals surface area contributed by atoms with Crippen molar-refractivity contribution in [3.63, 3.8) is 0 Å². The molecule has 1 aliphatic heterocycles. The molecule has 0 amide bonds. The molecule has 8 aliphatic rings. The summed E-state index contributed by atoms with van der Waals surface area (Å²) in [5, 5.41) is 21.3. The van der Waals surface area contributed by atoms with Gasteiger partial charge in [-0.05, 0) is 131 Å². The maximum Gasteiger partial charge on any atom is 0.312 e. The van der Waals surface area contributed by atoms with Gasteiger partial charge in [0.1, 0.15) is 23.4 Å². The molecule has 0 spiro atoms. The average molecular weight is 871 g/mol. The molecule has 6 bridgehead atoms. The summed E-state index contributed by atoms with van der Waals surface area (Å²) in [6, 6.07) is 0. The van der Waals surface area contributed by atoms with Gasteiger partial charge in [-0.15, -0.1) is 0 Å². The van der Waals surface area contributed by atoms with Crippen molar-refractivity contribution >= 4 is 23.9 Å². The first-order chi connectivity index (χ1) is 25.3. The third kappa shape index (κ3) is 13.0. The van der Waals surface area contributed by atoms with Crippen molar-refractivity contribution in [2.75, 3.05) is 0 Å². The van der Waals surface area contributed by atoms with Crippen LogP contribution in [0.15, 0.2) is 0 Å². The maximum absolute atomic E-state index is 12.4. The summed E-state index contributed by atoms with van der Waals surface area (Å²) >= 11 is 0. The first kappa shape index (κ1) is 60.9. The highest BCUT2D eigenvalue weighted by Crippen LogP contribution is 2.61. The van der Waals surface area contributed by atoms with E-state index in [0.29, 0.717) is 37.0 Å². The second-order valence-corrected chi connectivity index (χ2v) is 21.3. The zero-order valence-corrected chi connectivity index (χ0v) is 36.0. The summed E-state index contributed by atoms with van der Waals surface area (Å²) in [5.41, 5.74) is -3.95. The van der Waals surface area contributed by atoms with Crippen LogP contribution in [0.2, 0.25) is 0 Å². The third-order valence-corrected chi connectivity index (χ3v) is 15.2. The van der Waals surface area contributed by atoms with Gasteiger partial charge in [-0.3, -0.25) is 19.2 Å². The van der Waals surface area contributed by atoms with Crippen LogP contribution in [-0.4, -0.2) is 68.7 Å². The summed E-state index contributed by atoms with van der Waals surface area (Å²) in [4.78, 5) is 48.3. The van der Waals surface area contributed by atoms with E-state index in [4.69, 9.17) is 18.9 Å². The summed E-state index contributed by atoms with van der Waals surface area (Å²) in [6.07, 6.45) is 13.7. The van der Waals surface area contributed by atoms with E-state index in [1.165, 1.54) is 32.1 Å². The summed E-state index contributed by atoms with van der Waals surface area (Å²) in [6.45, 7) is 21.6. The van der Waals surface area contributed by atoms with Crippen LogP contribution in [0.3, 0.4) is 0 Å². The molecular weight excluding hydrogens is 773 g/mol. The first-order valence-corrected chi connectivity index (χ1v) is 21.7. The second kappa shape index (κ2) is 21.7. The molecule has 1 saturated heterocycles. The zero-order chi connectivity index (χ0) is 41.0. The summed E-state index contributed by atoms with van der Waals surface area (Å²) in [7, 11) is 0. The molecule has 7 saturated carbocycles. The molecule has 0 aromatic heterocycles. The zero-order valence-electron chi connectivity index (χ0n) is 36.0. The molecule has 1 heterocycles. The molecule has 8 rings (SSSR count). The summed E-state index contributed by atoms with van der Waals surface area (Å²) < 4.78 is 22.7. The van der Waals surface area contributed by atoms with E-state index in [0.717, 1.165) is 51.4 Å². The highest BCUT2D eigenvalue weighted by Gasteiger charge is 2.65. The van der Waals surface area contributed by atoms with Gasteiger partial charge < -0.3 is 29.2 Å². The van der Waals surface area contributed by atoms with Gasteiger partial charge in [0.25, 0.3) is 0 Å². The van der Waals surface area contributed by atoms with Crippen molar-refractivity contribution in [1.29, 1.82) is 0 Å². The molecule has 10 heteroatoms. The Morgan fingerprint density at radius 3 is 1.62 bits per heavy atom. The minimum Gasteiger partial charge on any atom is -0.459 e. The van der Waals surface area contributed by atoms with Gasteiger partial charge in [0.05, 0.1) is 33.4 Å². The topological polar surface area (TPSA) is 146 Å². The lowest BCUT2D eigenvalue weighted by Crippen LogP contribution is -2.67. The minimum atomic E-state index is -0.842. The molecule has 61 heavy (non-hydrogen) atoms. The van der Waals surface area contributed by atoms with Gasteiger partial charge in [0.2, 0.25) is 0 Å². The van der Waals surface area contributed by atoms with Crippen molar-refractivity contribution in [1.82, 2.24) is 0 Å². The Morgan fingerprint density at radius 2 is 1.15 bits per heavy atom. The van der Waals surface area contributed by atoms with Crippen LogP contribution >= 0.6 is 0 Å². The van der Waals surface area contributed by atoms with Crippen molar-refractivity contribution in [2.45, 2.75) is 258 Å². The molecule has 7 aliphatic carbocycles. The van der Waals surface area contributed by atoms with Gasteiger partial charge in [-0.25, -0.2) is 0 Å². The fourth-order valence-corrected chi connectivity index (χ4v) is 10.7. The highest BCUT2D eigenvalue weighted by molar-refractivity contribution is 5.79. The predicted molar refractivity (Wildman–Crippen MR) is 249 cm³/mol. The van der Waals surface area contributed by atoms with Gasteiger partial charge in [0, 0.05) is 31.1 Å². The first-order valence-electron chi connectivity index (χ1n) is 21.7. The molecule has 7 unspecified atom stereocenters. The van der Waals surface area contributed by atoms with Crippen LogP contribution in [0.25, 0.3) is 0 Å². The third-order valence-electron chi connectivity index (χ3n) is 15.2.